The molecular weight excluding hydrogens is 506 g/mol. The van der Waals surface area contributed by atoms with Gasteiger partial charge in [0, 0.05) is 37.8 Å². The summed E-state index contributed by atoms with van der Waals surface area (Å²) in [5, 5.41) is 11.3. The largest absolute Gasteiger partial charge is 0.490 e. The van der Waals surface area contributed by atoms with Crippen LogP contribution in [-0.4, -0.2) is 81.6 Å². The topological polar surface area (TPSA) is 138 Å². The van der Waals surface area contributed by atoms with Crippen LogP contribution in [0.1, 0.15) is 31.1 Å². The van der Waals surface area contributed by atoms with Gasteiger partial charge in [-0.2, -0.15) is 4.31 Å². The van der Waals surface area contributed by atoms with Crippen molar-refractivity contribution in [3.05, 3.63) is 46.0 Å². The molecule has 1 aliphatic heterocycles. The van der Waals surface area contributed by atoms with Gasteiger partial charge in [-0.15, -0.1) is 0 Å². The third-order valence-electron chi connectivity index (χ3n) is 5.67. The second kappa shape index (κ2) is 12.1. The Morgan fingerprint density at radius 1 is 0.919 bits per heavy atom. The highest BCUT2D eigenvalue weighted by Crippen LogP contribution is 2.39. The molecular formula is C24H31N3O9S. The average molecular weight is 538 g/mol. The van der Waals surface area contributed by atoms with Crippen molar-refractivity contribution in [1.82, 2.24) is 9.21 Å². The van der Waals surface area contributed by atoms with Gasteiger partial charge in [-0.1, -0.05) is 0 Å². The molecule has 1 heterocycles. The van der Waals surface area contributed by atoms with Gasteiger partial charge >= 0.3 is 5.69 Å². The number of nitro groups is 1. The summed E-state index contributed by atoms with van der Waals surface area (Å²) >= 11 is 0. The molecule has 0 aliphatic carbocycles. The van der Waals surface area contributed by atoms with Crippen LogP contribution in [0.4, 0.5) is 5.69 Å². The molecule has 3 rings (SSSR count). The molecule has 1 fully saturated rings. The van der Waals surface area contributed by atoms with Crippen molar-refractivity contribution in [2.24, 2.45) is 0 Å². The summed E-state index contributed by atoms with van der Waals surface area (Å²) in [5.74, 6) is 0.865. The maximum atomic E-state index is 13.3. The number of sulfonamides is 1. The summed E-state index contributed by atoms with van der Waals surface area (Å²) in [6.45, 7) is 6.93. The van der Waals surface area contributed by atoms with E-state index in [9.17, 15) is 23.3 Å². The van der Waals surface area contributed by atoms with E-state index in [4.69, 9.17) is 18.9 Å². The number of amides is 1. The van der Waals surface area contributed by atoms with E-state index >= 15 is 0 Å². The predicted octanol–water partition coefficient (Wildman–Crippen LogP) is 2.95. The first kappa shape index (κ1) is 28.0. The summed E-state index contributed by atoms with van der Waals surface area (Å²) in [4.78, 5) is 25.3. The van der Waals surface area contributed by atoms with Gasteiger partial charge in [0.15, 0.2) is 17.2 Å². The average Bonchev–Trinajstić information content (AvgIpc) is 2.89. The maximum absolute atomic E-state index is 13.3. The Hall–Kier alpha value is -3.58. The van der Waals surface area contributed by atoms with E-state index in [-0.39, 0.29) is 42.7 Å². The second-order valence-electron chi connectivity index (χ2n) is 7.89. The predicted molar refractivity (Wildman–Crippen MR) is 134 cm³/mol. The molecule has 0 unspecified atom stereocenters. The van der Waals surface area contributed by atoms with Crippen molar-refractivity contribution in [2.45, 2.75) is 25.7 Å². The molecule has 0 bridgehead atoms. The summed E-state index contributed by atoms with van der Waals surface area (Å²) in [6, 6.07) is 6.69. The molecule has 2 aromatic rings. The molecule has 2 aromatic carbocycles. The Kier molecular flexibility index (Phi) is 9.16. The third-order valence-corrected chi connectivity index (χ3v) is 7.56. The molecule has 37 heavy (non-hydrogen) atoms. The first-order valence-electron chi connectivity index (χ1n) is 11.9. The number of methoxy groups -OCH3 is 1. The zero-order chi connectivity index (χ0) is 27.2. The minimum Gasteiger partial charge on any atom is -0.490 e. The van der Waals surface area contributed by atoms with Crippen molar-refractivity contribution in [3.63, 3.8) is 0 Å². The summed E-state index contributed by atoms with van der Waals surface area (Å²) < 4.78 is 49.5. The van der Waals surface area contributed by atoms with Crippen LogP contribution < -0.4 is 18.9 Å². The van der Waals surface area contributed by atoms with Crippen molar-refractivity contribution in [2.75, 3.05) is 53.1 Å². The van der Waals surface area contributed by atoms with Gasteiger partial charge < -0.3 is 23.8 Å². The number of carbonyl (C=O) groups excluding carboxylic acids is 1. The van der Waals surface area contributed by atoms with E-state index in [1.165, 1.54) is 23.5 Å². The fourth-order valence-electron chi connectivity index (χ4n) is 3.95. The lowest BCUT2D eigenvalue weighted by molar-refractivity contribution is -0.386. The highest BCUT2D eigenvalue weighted by atomic mass is 32.2. The molecule has 0 aromatic heterocycles. The first-order chi connectivity index (χ1) is 17.7. The Bertz CT molecular complexity index is 1220. The van der Waals surface area contributed by atoms with Crippen LogP contribution in [-0.2, 0) is 10.0 Å². The van der Waals surface area contributed by atoms with Crippen LogP contribution in [0.15, 0.2) is 35.2 Å². The van der Waals surface area contributed by atoms with Crippen LogP contribution in [0.25, 0.3) is 0 Å². The SMILES string of the molecule is CCOc1cc(C(=O)N2CCN(S(=O)(=O)c3ccc(OC)c([N+](=O)[O-])c3)CC2)cc(OCC)c1OCC. The van der Waals surface area contributed by atoms with Crippen LogP contribution in [0.2, 0.25) is 0 Å². The number of nitrogens with zero attached hydrogens (tertiary/aromatic N) is 3. The molecule has 0 spiro atoms. The minimum absolute atomic E-state index is 0.0293. The van der Waals surface area contributed by atoms with Gasteiger partial charge in [0.1, 0.15) is 0 Å². The maximum Gasteiger partial charge on any atom is 0.312 e. The van der Waals surface area contributed by atoms with E-state index in [1.807, 2.05) is 20.8 Å². The third kappa shape index (κ3) is 6.05. The molecule has 0 N–H and O–H groups in total. The Morgan fingerprint density at radius 3 is 1.97 bits per heavy atom. The van der Waals surface area contributed by atoms with Gasteiger partial charge in [-0.3, -0.25) is 14.9 Å². The molecule has 13 heteroatoms. The lowest BCUT2D eigenvalue weighted by atomic mass is 10.1. The lowest BCUT2D eigenvalue weighted by Crippen LogP contribution is -2.50. The lowest BCUT2D eigenvalue weighted by Gasteiger charge is -2.34. The van der Waals surface area contributed by atoms with Crippen LogP contribution >= 0.6 is 0 Å². The zero-order valence-corrected chi connectivity index (χ0v) is 22.1. The molecule has 202 valence electrons. The quantitative estimate of drug-likeness (QED) is 0.313. The Labute approximate surface area is 215 Å². The number of nitro benzene ring substituents is 1. The van der Waals surface area contributed by atoms with Gasteiger partial charge in [-0.05, 0) is 45.0 Å². The first-order valence-corrected chi connectivity index (χ1v) is 13.3. The van der Waals surface area contributed by atoms with E-state index in [0.29, 0.717) is 42.6 Å². The fourth-order valence-corrected chi connectivity index (χ4v) is 5.39. The van der Waals surface area contributed by atoms with Crippen molar-refractivity contribution < 1.29 is 37.1 Å². The number of carbonyl (C=O) groups is 1. The number of ether oxygens (including phenoxy) is 4. The molecule has 12 nitrogen and oxygen atoms in total. The van der Waals surface area contributed by atoms with E-state index in [2.05, 4.69) is 0 Å². The zero-order valence-electron chi connectivity index (χ0n) is 21.3. The number of benzene rings is 2. The highest BCUT2D eigenvalue weighted by Gasteiger charge is 2.32. The minimum atomic E-state index is -4.02. The van der Waals surface area contributed by atoms with Crippen LogP contribution in [0.5, 0.6) is 23.0 Å². The highest BCUT2D eigenvalue weighted by molar-refractivity contribution is 7.89. The summed E-state index contributed by atoms with van der Waals surface area (Å²) in [7, 11) is -2.75. The van der Waals surface area contributed by atoms with Crippen molar-refractivity contribution in [1.29, 1.82) is 0 Å². The molecule has 1 amide bonds. The van der Waals surface area contributed by atoms with E-state index in [0.717, 1.165) is 6.07 Å². The molecule has 0 saturated carbocycles. The number of piperazine rings is 1. The van der Waals surface area contributed by atoms with Gasteiger partial charge in [0.05, 0.1) is 36.7 Å². The molecule has 0 atom stereocenters. The van der Waals surface area contributed by atoms with Crippen molar-refractivity contribution >= 4 is 21.6 Å². The van der Waals surface area contributed by atoms with E-state index in [1.54, 1.807) is 17.0 Å². The summed E-state index contributed by atoms with van der Waals surface area (Å²) in [6.07, 6.45) is 0. The smallest absolute Gasteiger partial charge is 0.312 e. The molecule has 1 aliphatic rings. The number of hydrogen-bond donors (Lipinski definition) is 0. The van der Waals surface area contributed by atoms with Gasteiger partial charge in [0.25, 0.3) is 5.91 Å². The van der Waals surface area contributed by atoms with Gasteiger partial charge in [0.2, 0.25) is 15.8 Å². The van der Waals surface area contributed by atoms with Crippen LogP contribution in [0, 0.1) is 10.1 Å². The fraction of sp³-hybridized carbons (Fsp3) is 0.458. The monoisotopic (exact) mass is 537 g/mol. The number of hydrogen-bond acceptors (Lipinski definition) is 9. The second-order valence-corrected chi connectivity index (χ2v) is 9.83. The Balaban J connectivity index is 1.80. The molecule has 0 radical (unpaired) electrons. The van der Waals surface area contributed by atoms with Gasteiger partial charge in [-0.25, -0.2) is 8.42 Å². The van der Waals surface area contributed by atoms with Crippen LogP contribution in [0.3, 0.4) is 0 Å². The van der Waals surface area contributed by atoms with Crippen molar-refractivity contribution in [3.8, 4) is 23.0 Å². The summed E-state index contributed by atoms with van der Waals surface area (Å²) in [5.41, 5.74) is -0.111. The molecule has 1 saturated heterocycles. The standard InChI is InChI=1S/C24H31N3O9S/c1-5-34-21-14-17(15-22(35-6-2)23(21)36-7-3)24(28)25-10-12-26(13-11-25)37(31,32)18-8-9-20(33-4)19(16-18)27(29)30/h8-9,14-16H,5-7,10-13H2,1-4H3. The number of rotatable bonds is 11. The normalized spacial score (nSPS) is 14.2. The Morgan fingerprint density at radius 2 is 1.49 bits per heavy atom. The van der Waals surface area contributed by atoms with E-state index < -0.39 is 20.6 Å².